The minimum absolute atomic E-state index is 0.0397. The lowest BCUT2D eigenvalue weighted by molar-refractivity contribution is -0.123. The van der Waals surface area contributed by atoms with Gasteiger partial charge in [-0.3, -0.25) is 4.79 Å². The van der Waals surface area contributed by atoms with Crippen molar-refractivity contribution in [2.45, 2.75) is 24.3 Å². The number of sulfonamides is 1. The first kappa shape index (κ1) is 25.3. The second-order valence-electron chi connectivity index (χ2n) is 9.20. The lowest BCUT2D eigenvalue weighted by Gasteiger charge is -2.42. The molecule has 0 radical (unpaired) electrons. The molecule has 1 amide bonds. The molecule has 3 aromatic rings. The quantitative estimate of drug-likeness (QED) is 0.512. The van der Waals surface area contributed by atoms with Crippen LogP contribution in [0, 0.1) is 23.4 Å². The summed E-state index contributed by atoms with van der Waals surface area (Å²) in [5, 5.41) is 5.31. The molecule has 2 aliphatic rings. The highest BCUT2D eigenvalue weighted by Crippen LogP contribution is 2.40. The van der Waals surface area contributed by atoms with Crippen molar-refractivity contribution in [1.29, 1.82) is 0 Å². The van der Waals surface area contributed by atoms with Crippen molar-refractivity contribution in [3.05, 3.63) is 64.6 Å². The van der Waals surface area contributed by atoms with Crippen LogP contribution in [0.4, 0.5) is 30.4 Å². The van der Waals surface area contributed by atoms with Crippen LogP contribution < -0.4 is 20.7 Å². The van der Waals surface area contributed by atoms with Gasteiger partial charge in [-0.15, -0.1) is 0 Å². The van der Waals surface area contributed by atoms with Crippen molar-refractivity contribution >= 4 is 44.7 Å². The normalized spacial score (nSPS) is 17.6. The smallest absolute Gasteiger partial charge is 0.241 e. The fraction of sp³-hybridized carbons (Fsp3) is 0.250. The van der Waals surface area contributed by atoms with Crippen molar-refractivity contribution in [3.8, 4) is 11.1 Å². The van der Waals surface area contributed by atoms with Gasteiger partial charge in [0.1, 0.15) is 33.9 Å². The van der Waals surface area contributed by atoms with Crippen LogP contribution in [0.3, 0.4) is 0 Å². The van der Waals surface area contributed by atoms with Crippen LogP contribution in [-0.4, -0.2) is 38.4 Å². The van der Waals surface area contributed by atoms with Crippen LogP contribution in [0.1, 0.15) is 12.5 Å². The van der Waals surface area contributed by atoms with Gasteiger partial charge in [0.25, 0.3) is 0 Å². The number of aromatic nitrogens is 1. The van der Waals surface area contributed by atoms with Crippen molar-refractivity contribution in [2.75, 3.05) is 28.6 Å². The number of fused-ring (bicyclic) bond motifs is 1. The van der Waals surface area contributed by atoms with Gasteiger partial charge in [0, 0.05) is 36.6 Å². The van der Waals surface area contributed by atoms with Crippen LogP contribution in [-0.2, 0) is 21.2 Å². The maximum Gasteiger partial charge on any atom is 0.241 e. The molecule has 1 aromatic heterocycles. The summed E-state index contributed by atoms with van der Waals surface area (Å²) in [6, 6.07) is 5.42. The number of anilines is 3. The van der Waals surface area contributed by atoms with Crippen LogP contribution in [0.5, 0.6) is 0 Å². The number of hydrogen-bond donors (Lipinski definition) is 2. The molecule has 3 heterocycles. The molecule has 4 N–H and O–H groups in total. The average molecular weight is 552 g/mol. The van der Waals surface area contributed by atoms with Gasteiger partial charge >= 0.3 is 0 Å². The number of nitrogens with zero attached hydrogens (tertiary/aromatic N) is 3. The molecule has 0 spiro atoms. The van der Waals surface area contributed by atoms with E-state index in [1.54, 1.807) is 6.92 Å². The molecule has 1 unspecified atom stereocenters. The van der Waals surface area contributed by atoms with Crippen molar-refractivity contribution in [3.63, 3.8) is 0 Å². The molecule has 5 rings (SSSR count). The SMILES string of the molecule is CC1Cc2cc(F)c(S(N)(=O)=O)cc2N1C(=O)C1CN(c2c(F)cc(-c3cnc(N)cc3Cl)cc2F)C1. The molecule has 8 nitrogen and oxygen atoms in total. The third-order valence-electron chi connectivity index (χ3n) is 6.64. The first-order valence-corrected chi connectivity index (χ1v) is 13.1. The number of nitrogen functional groups attached to an aromatic ring is 1. The number of nitrogens with two attached hydrogens (primary N) is 2. The Kier molecular flexibility index (Phi) is 6.08. The van der Waals surface area contributed by atoms with E-state index in [-0.39, 0.29) is 52.8 Å². The van der Waals surface area contributed by atoms with E-state index >= 15 is 0 Å². The maximum absolute atomic E-state index is 15.0. The molecule has 13 heteroatoms. The van der Waals surface area contributed by atoms with Crippen molar-refractivity contribution in [1.82, 2.24) is 4.98 Å². The highest BCUT2D eigenvalue weighted by Gasteiger charge is 2.42. The van der Waals surface area contributed by atoms with E-state index in [2.05, 4.69) is 4.98 Å². The van der Waals surface area contributed by atoms with Crippen LogP contribution in [0.2, 0.25) is 5.02 Å². The Balaban J connectivity index is 1.37. The number of hydrogen-bond acceptors (Lipinski definition) is 6. The average Bonchev–Trinajstić information content (AvgIpc) is 3.07. The maximum atomic E-state index is 15.0. The van der Waals surface area contributed by atoms with Gasteiger partial charge in [0.05, 0.1) is 10.9 Å². The molecular formula is C24H21ClF3N5O3S. The molecule has 2 aliphatic heterocycles. The van der Waals surface area contributed by atoms with E-state index in [4.69, 9.17) is 22.5 Å². The molecule has 0 bridgehead atoms. The monoisotopic (exact) mass is 551 g/mol. The van der Waals surface area contributed by atoms with Gasteiger partial charge in [0.15, 0.2) is 0 Å². The second-order valence-corrected chi connectivity index (χ2v) is 11.1. The Hall–Kier alpha value is -3.35. The van der Waals surface area contributed by atoms with Gasteiger partial charge < -0.3 is 15.5 Å². The molecule has 0 saturated carbocycles. The minimum Gasteiger partial charge on any atom is -0.384 e. The fourth-order valence-corrected chi connectivity index (χ4v) is 5.74. The summed E-state index contributed by atoms with van der Waals surface area (Å²) in [7, 11) is -4.34. The zero-order valence-electron chi connectivity index (χ0n) is 19.4. The molecule has 1 saturated heterocycles. The predicted molar refractivity (Wildman–Crippen MR) is 133 cm³/mol. The summed E-state index contributed by atoms with van der Waals surface area (Å²) in [4.78, 5) is 19.3. The van der Waals surface area contributed by atoms with Crippen molar-refractivity contribution in [2.24, 2.45) is 11.1 Å². The Labute approximate surface area is 215 Å². The molecule has 0 aliphatic carbocycles. The summed E-state index contributed by atoms with van der Waals surface area (Å²) in [5.41, 5.74) is 6.54. The Morgan fingerprint density at radius 3 is 2.32 bits per heavy atom. The summed E-state index contributed by atoms with van der Waals surface area (Å²) >= 11 is 6.14. The van der Waals surface area contributed by atoms with E-state index in [1.807, 2.05) is 0 Å². The first-order valence-electron chi connectivity index (χ1n) is 11.2. The van der Waals surface area contributed by atoms with E-state index < -0.39 is 38.3 Å². The number of benzene rings is 2. The van der Waals surface area contributed by atoms with Crippen molar-refractivity contribution < 1.29 is 26.4 Å². The molecule has 1 fully saturated rings. The third kappa shape index (κ3) is 4.38. The molecule has 194 valence electrons. The lowest BCUT2D eigenvalue weighted by atomic mass is 9.96. The predicted octanol–water partition coefficient (Wildman–Crippen LogP) is 3.46. The fourth-order valence-electron chi connectivity index (χ4n) is 4.87. The molecular weight excluding hydrogens is 531 g/mol. The first-order chi connectivity index (χ1) is 17.3. The number of pyridine rings is 1. The number of rotatable bonds is 4. The van der Waals surface area contributed by atoms with E-state index in [0.29, 0.717) is 17.5 Å². The van der Waals surface area contributed by atoms with Gasteiger partial charge in [-0.1, -0.05) is 11.6 Å². The van der Waals surface area contributed by atoms with Gasteiger partial charge in [-0.05, 0) is 54.8 Å². The lowest BCUT2D eigenvalue weighted by Crippen LogP contribution is -2.56. The van der Waals surface area contributed by atoms with Crippen LogP contribution >= 0.6 is 11.6 Å². The molecule has 1 atom stereocenters. The summed E-state index contributed by atoms with van der Waals surface area (Å²) in [6.45, 7) is 1.83. The highest BCUT2D eigenvalue weighted by atomic mass is 35.5. The second kappa shape index (κ2) is 8.89. The Morgan fingerprint density at radius 2 is 1.73 bits per heavy atom. The molecule has 2 aromatic carbocycles. The van der Waals surface area contributed by atoms with E-state index in [1.165, 1.54) is 22.1 Å². The number of carbonyl (C=O) groups excluding carboxylic acids is 1. The topological polar surface area (TPSA) is 123 Å². The highest BCUT2D eigenvalue weighted by molar-refractivity contribution is 7.89. The number of amides is 1. The Morgan fingerprint density at radius 1 is 1.08 bits per heavy atom. The Bertz CT molecular complexity index is 1540. The number of carbonyl (C=O) groups is 1. The van der Waals surface area contributed by atoms with Crippen LogP contribution in [0.25, 0.3) is 11.1 Å². The minimum atomic E-state index is -4.34. The number of halogens is 4. The summed E-state index contributed by atoms with van der Waals surface area (Å²) in [5.74, 6) is -3.44. The van der Waals surface area contributed by atoms with E-state index in [9.17, 15) is 26.4 Å². The van der Waals surface area contributed by atoms with Crippen LogP contribution in [0.15, 0.2) is 41.4 Å². The summed E-state index contributed by atoms with van der Waals surface area (Å²) in [6.07, 6.45) is 1.65. The zero-order chi connectivity index (χ0) is 26.8. The number of primary sulfonamides is 1. The van der Waals surface area contributed by atoms with E-state index in [0.717, 1.165) is 24.3 Å². The largest absolute Gasteiger partial charge is 0.384 e. The standard InChI is InChI=1S/C24H21ClF3N5O3S/c1-11-2-13-5-17(26)21(37(30,35)36)7-20(13)33(11)24(34)14-9-32(10-14)23-18(27)3-12(4-19(23)28)15-8-31-22(29)6-16(15)25/h3-8,11,14H,2,9-10H2,1H3,(H2,29,31)(H2,30,35,36). The van der Waals surface area contributed by atoms with Gasteiger partial charge in [-0.2, -0.15) is 0 Å². The molecule has 37 heavy (non-hydrogen) atoms. The third-order valence-corrected chi connectivity index (χ3v) is 7.88. The zero-order valence-corrected chi connectivity index (χ0v) is 21.0. The van der Waals surface area contributed by atoms with Gasteiger partial charge in [0.2, 0.25) is 15.9 Å². The summed E-state index contributed by atoms with van der Waals surface area (Å²) < 4.78 is 67.8. The van der Waals surface area contributed by atoms with Gasteiger partial charge in [-0.25, -0.2) is 31.7 Å².